The van der Waals surface area contributed by atoms with Crippen molar-refractivity contribution < 1.29 is 4.74 Å². The summed E-state index contributed by atoms with van der Waals surface area (Å²) >= 11 is 0. The normalized spacial score (nSPS) is 35.8. The second kappa shape index (κ2) is 3.61. The zero-order valence-electron chi connectivity index (χ0n) is 12.9. The lowest BCUT2D eigenvalue weighted by molar-refractivity contribution is 0.112. The van der Waals surface area contributed by atoms with E-state index in [1.165, 1.54) is 41.0 Å². The van der Waals surface area contributed by atoms with Gasteiger partial charge in [0.05, 0.1) is 5.41 Å². The van der Waals surface area contributed by atoms with Gasteiger partial charge < -0.3 is 4.74 Å². The van der Waals surface area contributed by atoms with E-state index in [9.17, 15) is 0 Å². The molecule has 0 aromatic heterocycles. The Bertz CT molecular complexity index is 729. The van der Waals surface area contributed by atoms with E-state index >= 15 is 0 Å². The molecule has 1 aromatic carbocycles. The molecule has 2 aliphatic heterocycles. The molecule has 1 spiro atoms. The number of aryl methyl sites for hydroxylation is 1. The number of nitrogens with zero attached hydrogens (tertiary/aromatic N) is 1. The molecule has 0 N–H and O–H groups in total. The van der Waals surface area contributed by atoms with Crippen LogP contribution in [0.15, 0.2) is 35.4 Å². The number of likely N-dealkylation sites (N-methyl/N-ethyl adjacent to an activating group) is 1. The number of hydrogen-bond donors (Lipinski definition) is 0. The first-order valence-electron chi connectivity index (χ1n) is 8.01. The fraction of sp³-hybridized carbons (Fsp3) is 0.474. The molecule has 2 nitrogen and oxygen atoms in total. The molecule has 3 atom stereocenters. The predicted molar refractivity (Wildman–Crippen MR) is 83.9 cm³/mol. The third-order valence-electron chi connectivity index (χ3n) is 6.19. The Morgan fingerprint density at radius 3 is 2.95 bits per heavy atom. The molecular formula is C19H21NO. The van der Waals surface area contributed by atoms with E-state index in [4.69, 9.17) is 4.74 Å². The Hall–Kier alpha value is -1.54. The van der Waals surface area contributed by atoms with Gasteiger partial charge in [-0.15, -0.1) is 0 Å². The fourth-order valence-corrected chi connectivity index (χ4v) is 5.15. The van der Waals surface area contributed by atoms with Crippen LogP contribution in [-0.4, -0.2) is 30.6 Å². The van der Waals surface area contributed by atoms with Crippen molar-refractivity contribution in [2.75, 3.05) is 13.6 Å². The summed E-state index contributed by atoms with van der Waals surface area (Å²) in [5, 5.41) is 0. The van der Waals surface area contributed by atoms with E-state index < -0.39 is 0 Å². The van der Waals surface area contributed by atoms with Crippen molar-refractivity contribution in [1.29, 1.82) is 0 Å². The van der Waals surface area contributed by atoms with E-state index in [0.717, 1.165) is 6.42 Å². The minimum absolute atomic E-state index is 0.130. The van der Waals surface area contributed by atoms with Crippen molar-refractivity contribution in [2.45, 2.75) is 44.2 Å². The summed E-state index contributed by atoms with van der Waals surface area (Å²) in [6, 6.07) is 5.14. The van der Waals surface area contributed by atoms with Gasteiger partial charge in [0.25, 0.3) is 0 Å². The van der Waals surface area contributed by atoms with Crippen LogP contribution in [-0.2, 0) is 11.8 Å². The van der Waals surface area contributed by atoms with Crippen LogP contribution in [0, 0.1) is 6.92 Å². The maximum Gasteiger partial charge on any atom is 0.133 e. The number of benzene rings is 1. The van der Waals surface area contributed by atoms with Crippen LogP contribution in [0.5, 0.6) is 5.75 Å². The largest absolute Gasteiger partial charge is 0.484 e. The number of hydrogen-bond acceptors (Lipinski definition) is 2. The van der Waals surface area contributed by atoms with Gasteiger partial charge in [0.1, 0.15) is 11.9 Å². The molecule has 0 saturated carbocycles. The molecule has 0 radical (unpaired) electrons. The van der Waals surface area contributed by atoms with Gasteiger partial charge in [-0.1, -0.05) is 24.3 Å². The summed E-state index contributed by atoms with van der Waals surface area (Å²) in [6.07, 6.45) is 7.23. The van der Waals surface area contributed by atoms with Gasteiger partial charge in [0.15, 0.2) is 0 Å². The summed E-state index contributed by atoms with van der Waals surface area (Å²) in [7, 11) is 2.27. The van der Waals surface area contributed by atoms with Gasteiger partial charge in [-0.25, -0.2) is 0 Å². The number of ether oxygens (including phenoxy) is 1. The molecule has 1 saturated heterocycles. The molecular weight excluding hydrogens is 258 g/mol. The van der Waals surface area contributed by atoms with Crippen LogP contribution in [0.1, 0.15) is 30.0 Å². The Morgan fingerprint density at radius 2 is 2.10 bits per heavy atom. The van der Waals surface area contributed by atoms with Gasteiger partial charge >= 0.3 is 0 Å². The Balaban J connectivity index is 1.89. The Labute approximate surface area is 126 Å². The maximum atomic E-state index is 6.53. The number of rotatable bonds is 0. The summed E-state index contributed by atoms with van der Waals surface area (Å²) in [4.78, 5) is 2.53. The smallest absolute Gasteiger partial charge is 0.133 e. The highest BCUT2D eigenvalue weighted by atomic mass is 16.5. The molecule has 4 aliphatic rings. The van der Waals surface area contributed by atoms with Gasteiger partial charge in [-0.05, 0) is 62.6 Å². The van der Waals surface area contributed by atoms with Crippen LogP contribution in [0.4, 0.5) is 0 Å². The minimum Gasteiger partial charge on any atom is -0.484 e. The van der Waals surface area contributed by atoms with E-state index in [0.29, 0.717) is 6.04 Å². The van der Waals surface area contributed by atoms with Crippen molar-refractivity contribution in [3.8, 4) is 5.75 Å². The molecule has 2 heterocycles. The van der Waals surface area contributed by atoms with Crippen molar-refractivity contribution in [3.63, 3.8) is 0 Å². The van der Waals surface area contributed by atoms with Gasteiger partial charge in [-0.2, -0.15) is 0 Å². The number of piperidine rings is 1. The van der Waals surface area contributed by atoms with Crippen LogP contribution in [0.2, 0.25) is 0 Å². The predicted octanol–water partition coefficient (Wildman–Crippen LogP) is 3.14. The lowest BCUT2D eigenvalue weighted by Crippen LogP contribution is -2.58. The molecule has 108 valence electrons. The summed E-state index contributed by atoms with van der Waals surface area (Å²) in [6.45, 7) is 5.59. The molecule has 5 rings (SSSR count). The lowest BCUT2D eigenvalue weighted by Gasteiger charge is -2.53. The SMILES string of the molecule is CC1=CC=C2[C@@H]3Cc4ccc(C)c5c4[C@]2(CCN3C)[C@@H]1O5. The molecule has 0 unspecified atom stereocenters. The van der Waals surface area contributed by atoms with Crippen LogP contribution < -0.4 is 4.74 Å². The van der Waals surface area contributed by atoms with Crippen molar-refractivity contribution in [1.82, 2.24) is 4.90 Å². The topological polar surface area (TPSA) is 12.5 Å². The first kappa shape index (κ1) is 12.0. The highest BCUT2D eigenvalue weighted by molar-refractivity contribution is 5.66. The average Bonchev–Trinajstić information content (AvgIpc) is 2.83. The van der Waals surface area contributed by atoms with Crippen molar-refractivity contribution in [2.24, 2.45) is 0 Å². The van der Waals surface area contributed by atoms with Crippen LogP contribution >= 0.6 is 0 Å². The van der Waals surface area contributed by atoms with Gasteiger partial charge in [-0.3, -0.25) is 4.90 Å². The summed E-state index contributed by atoms with van der Waals surface area (Å²) < 4.78 is 6.53. The first-order chi connectivity index (χ1) is 10.1. The molecule has 21 heavy (non-hydrogen) atoms. The Kier molecular flexibility index (Phi) is 2.07. The second-order valence-electron chi connectivity index (χ2n) is 7.20. The van der Waals surface area contributed by atoms with Crippen LogP contribution in [0.3, 0.4) is 0 Å². The van der Waals surface area contributed by atoms with E-state index in [-0.39, 0.29) is 11.5 Å². The maximum absolute atomic E-state index is 6.53. The minimum atomic E-state index is 0.130. The molecule has 1 fully saturated rings. The fourth-order valence-electron chi connectivity index (χ4n) is 5.15. The number of likely N-dealkylation sites (tertiary alicyclic amines) is 1. The first-order valence-corrected chi connectivity index (χ1v) is 8.01. The highest BCUT2D eigenvalue weighted by Gasteiger charge is 2.60. The lowest BCUT2D eigenvalue weighted by atomic mass is 9.56. The van der Waals surface area contributed by atoms with Crippen molar-refractivity contribution >= 4 is 0 Å². The number of allylic oxidation sites excluding steroid dienone is 2. The Morgan fingerprint density at radius 1 is 1.24 bits per heavy atom. The third kappa shape index (κ3) is 1.20. The zero-order chi connectivity index (χ0) is 14.4. The standard InChI is InChI=1S/C19H21NO/c1-11-4-6-13-10-15-14-7-5-12(2)18-19(14,8-9-20(15)3)16(13)17(11)21-18/h4-7,15,18H,8-10H2,1-3H3/t15-,18+,19+/m0/s1. The molecule has 2 bridgehead atoms. The molecule has 0 amide bonds. The second-order valence-corrected chi connectivity index (χ2v) is 7.20. The molecule has 1 aromatic rings. The zero-order valence-corrected chi connectivity index (χ0v) is 12.9. The van der Waals surface area contributed by atoms with Crippen molar-refractivity contribution in [3.05, 3.63) is 52.1 Å². The summed E-state index contributed by atoms with van der Waals surface area (Å²) in [5.41, 5.74) is 7.44. The third-order valence-corrected chi connectivity index (χ3v) is 6.19. The average molecular weight is 279 g/mol. The summed E-state index contributed by atoms with van der Waals surface area (Å²) in [5.74, 6) is 1.18. The highest BCUT2D eigenvalue weighted by Crippen LogP contribution is 2.60. The van der Waals surface area contributed by atoms with E-state index in [1.54, 1.807) is 5.57 Å². The van der Waals surface area contributed by atoms with Gasteiger partial charge in [0, 0.05) is 11.6 Å². The van der Waals surface area contributed by atoms with E-state index in [1.807, 2.05) is 0 Å². The monoisotopic (exact) mass is 279 g/mol. The quantitative estimate of drug-likeness (QED) is 0.723. The van der Waals surface area contributed by atoms with Gasteiger partial charge in [0.2, 0.25) is 0 Å². The molecule has 2 heteroatoms. The van der Waals surface area contributed by atoms with E-state index in [2.05, 4.69) is 50.1 Å². The van der Waals surface area contributed by atoms with Crippen LogP contribution in [0.25, 0.3) is 0 Å². The molecule has 2 aliphatic carbocycles.